The van der Waals surface area contributed by atoms with Crippen molar-refractivity contribution in [3.8, 4) is 0 Å². The fraction of sp³-hybridized carbons (Fsp3) is 0.111. The molecule has 0 aliphatic rings. The number of halogens is 1. The maximum Gasteiger partial charge on any atom is 0.316 e. The van der Waals surface area contributed by atoms with Gasteiger partial charge in [-0.1, -0.05) is 35.9 Å². The molecular formula is C9H11ClMg. The largest absolute Gasteiger partial charge is 0.316 e. The minimum atomic E-state index is 0. The van der Waals surface area contributed by atoms with Gasteiger partial charge in [-0.25, -0.2) is 0 Å². The minimum Gasteiger partial charge on any atom is -0.103 e. The maximum absolute atomic E-state index is 5.86. The summed E-state index contributed by atoms with van der Waals surface area (Å²) in [5.41, 5.74) is 1.14. The average molecular weight is 179 g/mol. The highest BCUT2D eigenvalue weighted by Crippen LogP contribution is 2.14. The topological polar surface area (TPSA) is 0 Å². The van der Waals surface area contributed by atoms with E-state index in [2.05, 4.69) is 6.58 Å². The number of hydrogen-bond donors (Lipinski definition) is 0. The Hall–Kier alpha value is 0.0162. The summed E-state index contributed by atoms with van der Waals surface area (Å²) >= 11 is 5.86. The predicted octanol–water partition coefficient (Wildman–Crippen LogP) is 2.15. The lowest BCUT2D eigenvalue weighted by Crippen LogP contribution is -1.79. The zero-order valence-electron chi connectivity index (χ0n) is 5.68. The third-order valence-electron chi connectivity index (χ3n) is 1.32. The van der Waals surface area contributed by atoms with Crippen molar-refractivity contribution in [2.45, 2.75) is 6.42 Å². The summed E-state index contributed by atoms with van der Waals surface area (Å²) in [6.07, 6.45) is 2.70. The molecule has 0 atom stereocenters. The van der Waals surface area contributed by atoms with Gasteiger partial charge in [0.25, 0.3) is 0 Å². The Kier molecular flexibility index (Phi) is 5.65. The molecule has 0 N–H and O–H groups in total. The van der Waals surface area contributed by atoms with Gasteiger partial charge < -0.3 is 0 Å². The molecule has 1 aromatic rings. The van der Waals surface area contributed by atoms with Crippen LogP contribution in [0.1, 0.15) is 5.56 Å². The van der Waals surface area contributed by atoms with Crippen molar-refractivity contribution in [2.24, 2.45) is 0 Å². The molecule has 0 bridgehead atoms. The van der Waals surface area contributed by atoms with Crippen molar-refractivity contribution in [3.63, 3.8) is 0 Å². The molecule has 0 nitrogen and oxygen atoms in total. The summed E-state index contributed by atoms with van der Waals surface area (Å²) in [6.45, 7) is 3.64. The predicted molar refractivity (Wildman–Crippen MR) is 53.9 cm³/mol. The fourth-order valence-electron chi connectivity index (χ4n) is 0.819. The lowest BCUT2D eigenvalue weighted by Gasteiger charge is -1.97. The summed E-state index contributed by atoms with van der Waals surface area (Å²) in [7, 11) is 0. The van der Waals surface area contributed by atoms with E-state index < -0.39 is 0 Å². The van der Waals surface area contributed by atoms with Crippen molar-refractivity contribution in [1.29, 1.82) is 0 Å². The van der Waals surface area contributed by atoms with Crippen LogP contribution in [0.3, 0.4) is 0 Å². The first kappa shape index (κ1) is 11.0. The Labute approximate surface area is 88.4 Å². The first-order chi connectivity index (χ1) is 4.84. The van der Waals surface area contributed by atoms with E-state index in [-0.39, 0.29) is 23.1 Å². The zero-order chi connectivity index (χ0) is 7.40. The van der Waals surface area contributed by atoms with E-state index in [0.717, 1.165) is 17.0 Å². The summed E-state index contributed by atoms with van der Waals surface area (Å²) in [5, 5.41) is 0.822. The quantitative estimate of drug-likeness (QED) is 0.481. The van der Waals surface area contributed by atoms with Gasteiger partial charge in [0.05, 0.1) is 0 Å². The highest BCUT2D eigenvalue weighted by molar-refractivity contribution is 6.31. The number of rotatable bonds is 2. The second-order valence-corrected chi connectivity index (χ2v) is 2.49. The SMILES string of the molecule is C=CCc1ccccc1Cl.[MgH2]. The molecule has 1 rings (SSSR count). The molecule has 0 aromatic heterocycles. The van der Waals surface area contributed by atoms with E-state index in [1.54, 1.807) is 0 Å². The first-order valence-electron chi connectivity index (χ1n) is 3.19. The molecule has 0 radical (unpaired) electrons. The molecule has 56 valence electrons. The van der Waals surface area contributed by atoms with E-state index in [1.165, 1.54) is 0 Å². The van der Waals surface area contributed by atoms with Crippen molar-refractivity contribution >= 4 is 34.7 Å². The summed E-state index contributed by atoms with van der Waals surface area (Å²) in [5.74, 6) is 0. The smallest absolute Gasteiger partial charge is 0.103 e. The molecule has 11 heavy (non-hydrogen) atoms. The van der Waals surface area contributed by atoms with Crippen molar-refractivity contribution in [1.82, 2.24) is 0 Å². The van der Waals surface area contributed by atoms with Crippen LogP contribution in [0.25, 0.3) is 0 Å². The molecule has 2 heteroatoms. The third-order valence-corrected chi connectivity index (χ3v) is 1.69. The van der Waals surface area contributed by atoms with E-state index in [4.69, 9.17) is 11.6 Å². The van der Waals surface area contributed by atoms with Gasteiger partial charge in [-0.2, -0.15) is 0 Å². The molecule has 0 unspecified atom stereocenters. The average Bonchev–Trinajstić information content (AvgIpc) is 1.94. The van der Waals surface area contributed by atoms with Crippen LogP contribution in [-0.4, -0.2) is 23.1 Å². The van der Waals surface area contributed by atoms with Crippen LogP contribution in [0.15, 0.2) is 36.9 Å². The monoisotopic (exact) mass is 178 g/mol. The van der Waals surface area contributed by atoms with Crippen LogP contribution >= 0.6 is 11.6 Å². The Morgan fingerprint density at radius 2 is 2.00 bits per heavy atom. The summed E-state index contributed by atoms with van der Waals surface area (Å²) in [6, 6.07) is 7.80. The molecule has 0 saturated carbocycles. The number of hydrogen-bond acceptors (Lipinski definition) is 0. The summed E-state index contributed by atoms with van der Waals surface area (Å²) in [4.78, 5) is 0. The highest BCUT2D eigenvalue weighted by atomic mass is 35.5. The zero-order valence-corrected chi connectivity index (χ0v) is 6.43. The molecule has 0 aliphatic heterocycles. The van der Waals surface area contributed by atoms with E-state index in [0.29, 0.717) is 0 Å². The molecule has 0 amide bonds. The van der Waals surface area contributed by atoms with E-state index in [9.17, 15) is 0 Å². The Morgan fingerprint density at radius 1 is 1.36 bits per heavy atom. The van der Waals surface area contributed by atoms with E-state index >= 15 is 0 Å². The molecule has 0 aliphatic carbocycles. The lowest BCUT2D eigenvalue weighted by molar-refractivity contribution is 1.28. The Bertz CT molecular complexity index is 233. The molecular weight excluding hydrogens is 168 g/mol. The van der Waals surface area contributed by atoms with E-state index in [1.807, 2.05) is 30.3 Å². The van der Waals surface area contributed by atoms with Crippen molar-refractivity contribution in [2.75, 3.05) is 0 Å². The molecule has 0 fully saturated rings. The van der Waals surface area contributed by atoms with Crippen LogP contribution in [0.2, 0.25) is 5.02 Å². The molecule has 0 saturated heterocycles. The number of benzene rings is 1. The fourth-order valence-corrected chi connectivity index (χ4v) is 1.03. The van der Waals surface area contributed by atoms with Gasteiger partial charge in [0.1, 0.15) is 0 Å². The van der Waals surface area contributed by atoms with Crippen LogP contribution in [0.4, 0.5) is 0 Å². The third kappa shape index (κ3) is 3.28. The van der Waals surface area contributed by atoms with Gasteiger partial charge >= 0.3 is 23.1 Å². The maximum atomic E-state index is 5.86. The van der Waals surface area contributed by atoms with Crippen LogP contribution in [0.5, 0.6) is 0 Å². The van der Waals surface area contributed by atoms with Crippen molar-refractivity contribution < 1.29 is 0 Å². The van der Waals surface area contributed by atoms with Gasteiger partial charge in [0.15, 0.2) is 0 Å². The van der Waals surface area contributed by atoms with Crippen molar-refractivity contribution in [3.05, 3.63) is 47.5 Å². The van der Waals surface area contributed by atoms with Gasteiger partial charge in [0.2, 0.25) is 0 Å². The highest BCUT2D eigenvalue weighted by Gasteiger charge is 1.93. The van der Waals surface area contributed by atoms with Crippen LogP contribution in [0, 0.1) is 0 Å². The van der Waals surface area contributed by atoms with Crippen LogP contribution < -0.4 is 0 Å². The van der Waals surface area contributed by atoms with Gasteiger partial charge in [0, 0.05) is 5.02 Å². The minimum absolute atomic E-state index is 0. The number of allylic oxidation sites excluding steroid dienone is 1. The molecule has 1 aromatic carbocycles. The Morgan fingerprint density at radius 3 is 2.55 bits per heavy atom. The van der Waals surface area contributed by atoms with Gasteiger partial charge in [-0.3, -0.25) is 0 Å². The van der Waals surface area contributed by atoms with Gasteiger partial charge in [-0.05, 0) is 18.1 Å². The standard InChI is InChI=1S/C9H9Cl.Mg.2H/c1-2-5-8-6-3-4-7-9(8)10;;;/h2-4,6-7H,1,5H2;;;. The normalized spacial score (nSPS) is 8.45. The second kappa shape index (κ2) is 5.64. The molecule has 0 spiro atoms. The first-order valence-corrected chi connectivity index (χ1v) is 3.56. The van der Waals surface area contributed by atoms with Gasteiger partial charge in [-0.15, -0.1) is 6.58 Å². The second-order valence-electron chi connectivity index (χ2n) is 2.08. The lowest BCUT2D eigenvalue weighted by atomic mass is 10.1. The van der Waals surface area contributed by atoms with Crippen LogP contribution in [-0.2, 0) is 6.42 Å². The Balaban J connectivity index is 0.000001000. The summed E-state index contributed by atoms with van der Waals surface area (Å²) < 4.78 is 0. The molecule has 0 heterocycles.